The Bertz CT molecular complexity index is 1350. The van der Waals surface area contributed by atoms with E-state index in [0.29, 0.717) is 10.9 Å². The molecule has 1 atom stereocenters. The summed E-state index contributed by atoms with van der Waals surface area (Å²) in [5.74, 6) is 0.262. The van der Waals surface area contributed by atoms with Crippen LogP contribution in [0.3, 0.4) is 0 Å². The van der Waals surface area contributed by atoms with Crippen molar-refractivity contribution in [3.05, 3.63) is 74.8 Å². The SMILES string of the molecule is COC(=O)c1ccc([C@@H](C)Sc2nc3sc4c(c3c(=O)n2-c2ccccc2)CCCC4)o1. The van der Waals surface area contributed by atoms with E-state index in [4.69, 9.17) is 14.1 Å². The number of ether oxygens (including phenoxy) is 1. The molecule has 3 heterocycles. The van der Waals surface area contributed by atoms with E-state index >= 15 is 0 Å². The molecule has 0 bridgehead atoms. The number of aromatic nitrogens is 2. The highest BCUT2D eigenvalue weighted by Crippen LogP contribution is 2.39. The van der Waals surface area contributed by atoms with Crippen LogP contribution in [-0.2, 0) is 17.6 Å². The minimum Gasteiger partial charge on any atom is -0.463 e. The van der Waals surface area contributed by atoms with Gasteiger partial charge in [-0.3, -0.25) is 9.36 Å². The second-order valence-electron chi connectivity index (χ2n) is 7.72. The highest BCUT2D eigenvalue weighted by molar-refractivity contribution is 7.99. The largest absolute Gasteiger partial charge is 0.463 e. The number of thioether (sulfide) groups is 1. The van der Waals surface area contributed by atoms with Crippen LogP contribution in [0.5, 0.6) is 0 Å². The van der Waals surface area contributed by atoms with Crippen LogP contribution in [0.2, 0.25) is 0 Å². The van der Waals surface area contributed by atoms with Crippen LogP contribution in [-0.4, -0.2) is 22.6 Å². The number of esters is 1. The smallest absolute Gasteiger partial charge is 0.373 e. The van der Waals surface area contributed by atoms with E-state index in [2.05, 4.69) is 0 Å². The van der Waals surface area contributed by atoms with E-state index in [-0.39, 0.29) is 16.6 Å². The van der Waals surface area contributed by atoms with Crippen LogP contribution in [0.4, 0.5) is 0 Å². The van der Waals surface area contributed by atoms with Gasteiger partial charge in [0.25, 0.3) is 5.56 Å². The zero-order valence-corrected chi connectivity index (χ0v) is 19.4. The number of fused-ring (bicyclic) bond motifs is 3. The number of methoxy groups -OCH3 is 1. The van der Waals surface area contributed by atoms with Crippen molar-refractivity contribution >= 4 is 39.3 Å². The molecule has 0 amide bonds. The van der Waals surface area contributed by atoms with Crippen molar-refractivity contribution in [2.45, 2.75) is 43.0 Å². The van der Waals surface area contributed by atoms with Gasteiger partial charge in [-0.2, -0.15) is 0 Å². The van der Waals surface area contributed by atoms with Gasteiger partial charge < -0.3 is 9.15 Å². The highest BCUT2D eigenvalue weighted by atomic mass is 32.2. The minimum absolute atomic E-state index is 0.0232. The topological polar surface area (TPSA) is 74.3 Å². The molecule has 0 saturated carbocycles. The third kappa shape index (κ3) is 3.67. The number of thiophene rings is 1. The van der Waals surface area contributed by atoms with Crippen molar-refractivity contribution in [3.63, 3.8) is 0 Å². The standard InChI is InChI=1S/C24H22N2O4S2/c1-14(17-12-13-18(30-17)23(28)29-2)31-24-25-21-20(16-10-6-7-11-19(16)32-21)22(27)26(24)15-8-4-3-5-9-15/h3-5,8-9,12-14H,6-7,10-11H2,1-2H3/t14-/m1/s1. The predicted molar refractivity (Wildman–Crippen MR) is 126 cm³/mol. The first-order chi connectivity index (χ1) is 15.6. The average molecular weight is 467 g/mol. The van der Waals surface area contributed by atoms with Crippen molar-refractivity contribution in [2.24, 2.45) is 0 Å². The molecule has 32 heavy (non-hydrogen) atoms. The normalized spacial score (nSPS) is 14.3. The Morgan fingerprint density at radius 1 is 1.19 bits per heavy atom. The molecule has 0 unspecified atom stereocenters. The molecular weight excluding hydrogens is 444 g/mol. The van der Waals surface area contributed by atoms with E-state index in [9.17, 15) is 9.59 Å². The fraction of sp³-hybridized carbons (Fsp3) is 0.292. The maximum atomic E-state index is 13.8. The Hall–Kier alpha value is -2.84. The Balaban J connectivity index is 1.62. The zero-order valence-electron chi connectivity index (χ0n) is 17.8. The van der Waals surface area contributed by atoms with E-state index in [0.717, 1.165) is 41.6 Å². The average Bonchev–Trinajstić information content (AvgIpc) is 3.44. The number of rotatable bonds is 5. The molecule has 0 N–H and O–H groups in total. The lowest BCUT2D eigenvalue weighted by molar-refractivity contribution is 0.0563. The number of benzene rings is 1. The lowest BCUT2D eigenvalue weighted by Gasteiger charge is -2.15. The quantitative estimate of drug-likeness (QED) is 0.218. The summed E-state index contributed by atoms with van der Waals surface area (Å²) < 4.78 is 12.1. The van der Waals surface area contributed by atoms with Gasteiger partial charge in [-0.15, -0.1) is 11.3 Å². The number of nitrogens with zero attached hydrogens (tertiary/aromatic N) is 2. The molecule has 0 aliphatic heterocycles. The molecule has 0 saturated heterocycles. The van der Waals surface area contributed by atoms with Crippen LogP contribution in [0.25, 0.3) is 15.9 Å². The zero-order chi connectivity index (χ0) is 22.2. The lowest BCUT2D eigenvalue weighted by Crippen LogP contribution is -2.22. The van der Waals surface area contributed by atoms with Crippen molar-refractivity contribution in [1.82, 2.24) is 9.55 Å². The first-order valence-electron chi connectivity index (χ1n) is 10.5. The van der Waals surface area contributed by atoms with Crippen LogP contribution >= 0.6 is 23.1 Å². The molecular formula is C24H22N2O4S2. The maximum Gasteiger partial charge on any atom is 0.373 e. The monoisotopic (exact) mass is 466 g/mol. The van der Waals surface area contributed by atoms with Crippen molar-refractivity contribution in [1.29, 1.82) is 0 Å². The second-order valence-corrected chi connectivity index (χ2v) is 10.1. The van der Waals surface area contributed by atoms with Gasteiger partial charge in [0.2, 0.25) is 5.76 Å². The molecule has 5 rings (SSSR count). The number of carbonyl (C=O) groups excluding carboxylic acids is 1. The predicted octanol–water partition coefficient (Wildman–Crippen LogP) is 5.56. The first kappa shape index (κ1) is 21.0. The summed E-state index contributed by atoms with van der Waals surface area (Å²) in [6, 6.07) is 13.0. The van der Waals surface area contributed by atoms with Gasteiger partial charge in [0.05, 0.1) is 23.4 Å². The third-order valence-electron chi connectivity index (χ3n) is 5.67. The molecule has 0 spiro atoms. The van der Waals surface area contributed by atoms with Gasteiger partial charge in [-0.25, -0.2) is 9.78 Å². The summed E-state index contributed by atoms with van der Waals surface area (Å²) in [6.07, 6.45) is 4.22. The van der Waals surface area contributed by atoms with Crippen molar-refractivity contribution < 1.29 is 13.9 Å². The van der Waals surface area contributed by atoms with E-state index in [1.807, 2.05) is 37.3 Å². The van der Waals surface area contributed by atoms with E-state index in [1.54, 1.807) is 28.0 Å². The molecule has 1 aromatic carbocycles. The summed E-state index contributed by atoms with van der Waals surface area (Å²) in [6.45, 7) is 1.97. The van der Waals surface area contributed by atoms with Crippen LogP contribution < -0.4 is 5.56 Å². The highest BCUT2D eigenvalue weighted by Gasteiger charge is 2.25. The number of aryl methyl sites for hydroxylation is 2. The van der Waals surface area contributed by atoms with Crippen LogP contribution in [0, 0.1) is 0 Å². The summed E-state index contributed by atoms with van der Waals surface area (Å²) in [4.78, 5) is 32.6. The van der Waals surface area contributed by atoms with Crippen molar-refractivity contribution in [2.75, 3.05) is 7.11 Å². The summed E-state index contributed by atoms with van der Waals surface area (Å²) in [5, 5.41) is 1.20. The molecule has 0 fully saturated rings. The Morgan fingerprint density at radius 2 is 1.97 bits per heavy atom. The van der Waals surface area contributed by atoms with E-state index < -0.39 is 5.97 Å². The lowest BCUT2D eigenvalue weighted by atomic mass is 9.97. The third-order valence-corrected chi connectivity index (χ3v) is 7.92. The molecule has 4 aromatic rings. The Labute approximate surface area is 193 Å². The van der Waals surface area contributed by atoms with E-state index in [1.165, 1.54) is 29.3 Å². The molecule has 1 aliphatic rings. The van der Waals surface area contributed by atoms with Gasteiger partial charge in [0.1, 0.15) is 10.6 Å². The van der Waals surface area contributed by atoms with Gasteiger partial charge in [0.15, 0.2) is 5.16 Å². The number of hydrogen-bond donors (Lipinski definition) is 0. The van der Waals surface area contributed by atoms with Crippen molar-refractivity contribution in [3.8, 4) is 5.69 Å². The van der Waals surface area contributed by atoms with Crippen LogP contribution in [0.1, 0.15) is 51.8 Å². The number of carbonyl (C=O) groups is 1. The maximum absolute atomic E-state index is 13.8. The molecule has 164 valence electrons. The van der Waals surface area contributed by atoms with Gasteiger partial charge in [-0.05, 0) is 62.4 Å². The summed E-state index contributed by atoms with van der Waals surface area (Å²) in [5.41, 5.74) is 1.94. The molecule has 0 radical (unpaired) electrons. The molecule has 8 heteroatoms. The number of hydrogen-bond acceptors (Lipinski definition) is 7. The Morgan fingerprint density at radius 3 is 2.75 bits per heavy atom. The fourth-order valence-electron chi connectivity index (χ4n) is 4.07. The molecule has 3 aromatic heterocycles. The van der Waals surface area contributed by atoms with Gasteiger partial charge >= 0.3 is 5.97 Å². The first-order valence-corrected chi connectivity index (χ1v) is 12.2. The Kier molecular flexibility index (Phi) is 5.65. The number of para-hydroxylation sites is 1. The summed E-state index contributed by atoms with van der Waals surface area (Å²) in [7, 11) is 1.32. The fourth-order valence-corrected chi connectivity index (χ4v) is 6.37. The van der Waals surface area contributed by atoms with Crippen LogP contribution in [0.15, 0.2) is 56.8 Å². The molecule has 1 aliphatic carbocycles. The second kappa shape index (κ2) is 8.60. The molecule has 6 nitrogen and oxygen atoms in total. The summed E-state index contributed by atoms with van der Waals surface area (Å²) >= 11 is 3.08. The minimum atomic E-state index is -0.515. The van der Waals surface area contributed by atoms with Gasteiger partial charge in [-0.1, -0.05) is 30.0 Å². The number of furan rings is 1. The van der Waals surface area contributed by atoms with Gasteiger partial charge in [0, 0.05) is 4.88 Å².